The van der Waals surface area contributed by atoms with Crippen LogP contribution in [0, 0.1) is 17.8 Å². The van der Waals surface area contributed by atoms with Crippen molar-refractivity contribution in [3.05, 3.63) is 54.6 Å². The van der Waals surface area contributed by atoms with Crippen molar-refractivity contribution in [1.29, 1.82) is 0 Å². The minimum Gasteiger partial charge on any atom is -0.457 e. The van der Waals surface area contributed by atoms with E-state index in [2.05, 4.69) is 6.92 Å². The number of carbonyl (C=O) groups is 2. The van der Waals surface area contributed by atoms with E-state index in [1.807, 2.05) is 30.3 Å². The maximum atomic E-state index is 12.7. The number of hydrogen-bond acceptors (Lipinski definition) is 3. The highest BCUT2D eigenvalue weighted by molar-refractivity contribution is 6.22. The Morgan fingerprint density at radius 3 is 2.20 bits per heavy atom. The van der Waals surface area contributed by atoms with Crippen LogP contribution >= 0.6 is 0 Å². The summed E-state index contributed by atoms with van der Waals surface area (Å²) in [5.41, 5.74) is 0.637. The standard InChI is InChI=1S/C21H21NO3/c1-14-7-12-18-19(13-14)21(24)22(20(18)23)15-8-10-17(11-9-15)25-16-5-3-2-4-6-16/h2-6,8-11,14,18-19H,7,12-13H2,1H3/t14-,18-,19+/m1/s1. The monoisotopic (exact) mass is 335 g/mol. The lowest BCUT2D eigenvalue weighted by Crippen LogP contribution is -2.30. The van der Waals surface area contributed by atoms with Gasteiger partial charge in [0.1, 0.15) is 11.5 Å². The lowest BCUT2D eigenvalue weighted by Gasteiger charge is -2.25. The van der Waals surface area contributed by atoms with Crippen molar-refractivity contribution in [3.63, 3.8) is 0 Å². The highest BCUT2D eigenvalue weighted by Gasteiger charge is 2.49. The van der Waals surface area contributed by atoms with Gasteiger partial charge in [-0.1, -0.05) is 25.1 Å². The summed E-state index contributed by atoms with van der Waals surface area (Å²) < 4.78 is 5.77. The Balaban J connectivity index is 1.54. The molecule has 0 spiro atoms. The van der Waals surface area contributed by atoms with Crippen LogP contribution in [-0.4, -0.2) is 11.8 Å². The lowest BCUT2D eigenvalue weighted by molar-refractivity contribution is -0.122. The zero-order chi connectivity index (χ0) is 17.4. The number of para-hydroxylation sites is 1. The molecule has 0 N–H and O–H groups in total. The van der Waals surface area contributed by atoms with E-state index in [-0.39, 0.29) is 23.7 Å². The summed E-state index contributed by atoms with van der Waals surface area (Å²) in [7, 11) is 0. The van der Waals surface area contributed by atoms with Gasteiger partial charge in [0.15, 0.2) is 0 Å². The third-order valence-corrected chi connectivity index (χ3v) is 5.26. The van der Waals surface area contributed by atoms with Gasteiger partial charge in [0.05, 0.1) is 17.5 Å². The lowest BCUT2D eigenvalue weighted by atomic mass is 9.76. The average Bonchev–Trinajstić information content (AvgIpc) is 2.87. The molecule has 2 aliphatic rings. The van der Waals surface area contributed by atoms with Gasteiger partial charge in [-0.2, -0.15) is 0 Å². The Morgan fingerprint density at radius 2 is 1.48 bits per heavy atom. The van der Waals surface area contributed by atoms with Crippen LogP contribution in [0.25, 0.3) is 0 Å². The number of hydrogen-bond donors (Lipinski definition) is 0. The minimum absolute atomic E-state index is 0.0429. The smallest absolute Gasteiger partial charge is 0.237 e. The molecule has 25 heavy (non-hydrogen) atoms. The van der Waals surface area contributed by atoms with Gasteiger partial charge in [0.2, 0.25) is 11.8 Å². The van der Waals surface area contributed by atoms with E-state index in [1.54, 1.807) is 24.3 Å². The van der Waals surface area contributed by atoms with E-state index in [0.29, 0.717) is 17.4 Å². The molecule has 128 valence electrons. The summed E-state index contributed by atoms with van der Waals surface area (Å²) in [6, 6.07) is 16.7. The molecule has 2 amide bonds. The summed E-state index contributed by atoms with van der Waals surface area (Å²) in [6.45, 7) is 2.16. The Labute approximate surface area is 147 Å². The van der Waals surface area contributed by atoms with E-state index in [9.17, 15) is 9.59 Å². The zero-order valence-corrected chi connectivity index (χ0v) is 14.2. The van der Waals surface area contributed by atoms with Crippen molar-refractivity contribution in [1.82, 2.24) is 0 Å². The molecule has 4 rings (SSSR count). The second-order valence-electron chi connectivity index (χ2n) is 7.05. The number of anilines is 1. The normalized spacial score (nSPS) is 25.8. The fourth-order valence-electron chi connectivity index (χ4n) is 3.93. The van der Waals surface area contributed by atoms with Crippen LogP contribution in [0.4, 0.5) is 5.69 Å². The quantitative estimate of drug-likeness (QED) is 0.781. The number of benzene rings is 2. The van der Waals surface area contributed by atoms with Crippen molar-refractivity contribution in [3.8, 4) is 11.5 Å². The summed E-state index contributed by atoms with van der Waals surface area (Å²) in [6.07, 6.45) is 2.67. The molecule has 0 radical (unpaired) electrons. The Bertz CT molecular complexity index is 785. The van der Waals surface area contributed by atoms with E-state index in [0.717, 1.165) is 25.0 Å². The number of fused-ring (bicyclic) bond motifs is 1. The number of rotatable bonds is 3. The summed E-state index contributed by atoms with van der Waals surface area (Å²) in [5.74, 6) is 1.58. The average molecular weight is 335 g/mol. The molecule has 2 fully saturated rings. The van der Waals surface area contributed by atoms with Gasteiger partial charge in [-0.05, 0) is 61.6 Å². The van der Waals surface area contributed by atoms with Crippen LogP contribution in [0.1, 0.15) is 26.2 Å². The number of imide groups is 1. The van der Waals surface area contributed by atoms with Crippen LogP contribution in [0.3, 0.4) is 0 Å². The second kappa shape index (κ2) is 6.36. The van der Waals surface area contributed by atoms with Crippen LogP contribution in [0.15, 0.2) is 54.6 Å². The number of carbonyl (C=O) groups excluding carboxylic acids is 2. The van der Waals surface area contributed by atoms with Gasteiger partial charge >= 0.3 is 0 Å². The van der Waals surface area contributed by atoms with Crippen LogP contribution in [0.2, 0.25) is 0 Å². The molecular weight excluding hydrogens is 314 g/mol. The Kier molecular flexibility index (Phi) is 4.04. The highest BCUT2D eigenvalue weighted by Crippen LogP contribution is 2.42. The van der Waals surface area contributed by atoms with E-state index in [4.69, 9.17) is 4.74 Å². The predicted molar refractivity (Wildman–Crippen MR) is 95.4 cm³/mol. The molecule has 1 heterocycles. The molecule has 0 bridgehead atoms. The van der Waals surface area contributed by atoms with Gasteiger partial charge in [-0.25, -0.2) is 0 Å². The Morgan fingerprint density at radius 1 is 0.840 bits per heavy atom. The third-order valence-electron chi connectivity index (χ3n) is 5.26. The third kappa shape index (κ3) is 2.93. The van der Waals surface area contributed by atoms with Gasteiger partial charge in [-0.15, -0.1) is 0 Å². The van der Waals surface area contributed by atoms with Gasteiger partial charge in [0, 0.05) is 0 Å². The maximum Gasteiger partial charge on any atom is 0.237 e. The molecule has 0 aromatic heterocycles. The number of ether oxygens (including phenoxy) is 1. The van der Waals surface area contributed by atoms with Gasteiger partial charge in [0.25, 0.3) is 0 Å². The molecule has 4 heteroatoms. The molecule has 2 aromatic rings. The van der Waals surface area contributed by atoms with E-state index >= 15 is 0 Å². The molecule has 0 unspecified atom stereocenters. The number of amides is 2. The molecule has 3 atom stereocenters. The van der Waals surface area contributed by atoms with Crippen LogP contribution in [0.5, 0.6) is 11.5 Å². The first-order valence-electron chi connectivity index (χ1n) is 8.84. The maximum absolute atomic E-state index is 12.7. The summed E-state index contributed by atoms with van der Waals surface area (Å²) in [4.78, 5) is 26.8. The molecule has 1 saturated carbocycles. The fourth-order valence-corrected chi connectivity index (χ4v) is 3.93. The van der Waals surface area contributed by atoms with Gasteiger partial charge < -0.3 is 4.74 Å². The van der Waals surface area contributed by atoms with Crippen molar-refractivity contribution >= 4 is 17.5 Å². The largest absolute Gasteiger partial charge is 0.457 e. The Hall–Kier alpha value is -2.62. The minimum atomic E-state index is -0.142. The molecule has 2 aromatic carbocycles. The van der Waals surface area contributed by atoms with Crippen LogP contribution < -0.4 is 9.64 Å². The second-order valence-corrected chi connectivity index (χ2v) is 7.05. The van der Waals surface area contributed by atoms with Crippen molar-refractivity contribution in [2.45, 2.75) is 26.2 Å². The first-order chi connectivity index (χ1) is 12.1. The molecule has 1 aliphatic carbocycles. The van der Waals surface area contributed by atoms with E-state index < -0.39 is 0 Å². The topological polar surface area (TPSA) is 46.6 Å². The predicted octanol–water partition coefficient (Wildman–Crippen LogP) is 4.40. The molecule has 1 saturated heterocycles. The first-order valence-corrected chi connectivity index (χ1v) is 8.84. The summed E-state index contributed by atoms with van der Waals surface area (Å²) in [5, 5.41) is 0. The number of nitrogens with zero attached hydrogens (tertiary/aromatic N) is 1. The molecule has 4 nitrogen and oxygen atoms in total. The van der Waals surface area contributed by atoms with E-state index in [1.165, 1.54) is 4.90 Å². The fraction of sp³-hybridized carbons (Fsp3) is 0.333. The molecule has 1 aliphatic heterocycles. The highest BCUT2D eigenvalue weighted by atomic mass is 16.5. The van der Waals surface area contributed by atoms with Crippen LogP contribution in [-0.2, 0) is 9.59 Å². The zero-order valence-electron chi connectivity index (χ0n) is 14.2. The SMILES string of the molecule is C[C@@H]1CC[C@H]2C(=O)N(c3ccc(Oc4ccccc4)cc3)C(=O)[C@H]2C1. The first kappa shape index (κ1) is 15.9. The summed E-state index contributed by atoms with van der Waals surface area (Å²) >= 11 is 0. The molecular formula is C21H21NO3. The van der Waals surface area contributed by atoms with Gasteiger partial charge in [-0.3, -0.25) is 14.5 Å². The van der Waals surface area contributed by atoms with Crippen molar-refractivity contribution in [2.24, 2.45) is 17.8 Å². The van der Waals surface area contributed by atoms with Crippen molar-refractivity contribution < 1.29 is 14.3 Å². The van der Waals surface area contributed by atoms with Crippen molar-refractivity contribution in [2.75, 3.05) is 4.90 Å².